The molecule has 1 saturated carbocycles. The van der Waals surface area contributed by atoms with Crippen molar-refractivity contribution in [2.24, 2.45) is 16.7 Å². The zero-order chi connectivity index (χ0) is 26.2. The number of nitrogens with one attached hydrogen (secondary N) is 2. The Morgan fingerprint density at radius 3 is 2.35 bits per heavy atom. The van der Waals surface area contributed by atoms with Crippen LogP contribution in [0, 0.1) is 30.6 Å². The molecule has 0 aromatic heterocycles. The van der Waals surface area contributed by atoms with Crippen molar-refractivity contribution in [1.82, 2.24) is 15.5 Å². The van der Waals surface area contributed by atoms with Crippen molar-refractivity contribution in [3.8, 4) is 0 Å². The first-order chi connectivity index (χ1) is 17.7. The number of rotatable bonds is 8. The van der Waals surface area contributed by atoms with E-state index in [0.29, 0.717) is 0 Å². The molecular formula is C32H43N3O2. The highest BCUT2D eigenvalue weighted by atomic mass is 16.2. The third kappa shape index (κ3) is 4.77. The molecular weight excluding hydrogens is 458 g/mol. The van der Waals surface area contributed by atoms with Crippen LogP contribution in [0.3, 0.4) is 0 Å². The van der Waals surface area contributed by atoms with Gasteiger partial charge in [0.25, 0.3) is 0 Å². The number of Topliss-reactive ketones (excluding diaryl/α,β-unsaturated/α-hetero) is 1. The van der Waals surface area contributed by atoms with Gasteiger partial charge in [0.05, 0.1) is 12.1 Å². The van der Waals surface area contributed by atoms with Crippen LogP contribution in [-0.4, -0.2) is 48.8 Å². The Kier molecular flexibility index (Phi) is 7.30. The number of hydrogen-bond acceptors (Lipinski definition) is 4. The Hall–Kier alpha value is -2.50. The summed E-state index contributed by atoms with van der Waals surface area (Å²) in [6, 6.07) is 16.3. The van der Waals surface area contributed by atoms with Gasteiger partial charge in [-0.25, -0.2) is 0 Å². The summed E-state index contributed by atoms with van der Waals surface area (Å²) in [5.74, 6) is 0.576. The van der Waals surface area contributed by atoms with Crippen LogP contribution in [0.2, 0.25) is 0 Å². The van der Waals surface area contributed by atoms with Crippen LogP contribution < -0.4 is 10.6 Å². The molecule has 37 heavy (non-hydrogen) atoms. The molecule has 0 bridgehead atoms. The molecule has 3 aliphatic rings. The minimum atomic E-state index is -0.186. The first-order valence-electron chi connectivity index (χ1n) is 14.1. The van der Waals surface area contributed by atoms with E-state index in [1.165, 1.54) is 0 Å². The number of carbonyl (C=O) groups excluding carboxylic acids is 2. The van der Waals surface area contributed by atoms with Gasteiger partial charge in [-0.1, -0.05) is 75.2 Å². The fourth-order valence-electron chi connectivity index (χ4n) is 7.40. The van der Waals surface area contributed by atoms with Crippen molar-refractivity contribution < 1.29 is 9.59 Å². The highest BCUT2D eigenvalue weighted by Crippen LogP contribution is 2.53. The van der Waals surface area contributed by atoms with Gasteiger partial charge < -0.3 is 10.6 Å². The molecule has 5 nitrogen and oxygen atoms in total. The van der Waals surface area contributed by atoms with Gasteiger partial charge in [0.15, 0.2) is 5.78 Å². The minimum Gasteiger partial charge on any atom is -0.349 e. The number of benzene rings is 2. The Labute approximate surface area is 222 Å². The largest absolute Gasteiger partial charge is 0.349 e. The van der Waals surface area contributed by atoms with E-state index in [2.05, 4.69) is 67.5 Å². The molecule has 198 valence electrons. The summed E-state index contributed by atoms with van der Waals surface area (Å²) in [4.78, 5) is 29.9. The molecule has 2 aliphatic heterocycles. The van der Waals surface area contributed by atoms with Crippen LogP contribution >= 0.6 is 0 Å². The topological polar surface area (TPSA) is 61.4 Å². The normalized spacial score (nSPS) is 28.8. The Balaban J connectivity index is 1.41. The first kappa shape index (κ1) is 26.1. The summed E-state index contributed by atoms with van der Waals surface area (Å²) in [6.07, 6.45) is 5.08. The maximum absolute atomic E-state index is 14.3. The lowest BCUT2D eigenvalue weighted by Crippen LogP contribution is -2.49. The first-order valence-corrected chi connectivity index (χ1v) is 14.1. The van der Waals surface area contributed by atoms with E-state index < -0.39 is 0 Å². The van der Waals surface area contributed by atoms with Gasteiger partial charge in [-0.3, -0.25) is 14.5 Å². The number of carbonyl (C=O) groups is 2. The van der Waals surface area contributed by atoms with E-state index in [-0.39, 0.29) is 40.5 Å². The molecule has 2 aromatic carbocycles. The third-order valence-electron chi connectivity index (χ3n) is 9.83. The zero-order valence-corrected chi connectivity index (χ0v) is 23.0. The fourth-order valence-corrected chi connectivity index (χ4v) is 7.40. The molecule has 0 spiro atoms. The third-order valence-corrected chi connectivity index (χ3v) is 9.83. The Morgan fingerprint density at radius 2 is 1.68 bits per heavy atom. The maximum Gasteiger partial charge on any atom is 0.223 e. The second-order valence-electron chi connectivity index (χ2n) is 12.3. The molecule has 3 fully saturated rings. The number of ketones is 1. The van der Waals surface area contributed by atoms with Gasteiger partial charge in [0.2, 0.25) is 5.91 Å². The summed E-state index contributed by atoms with van der Waals surface area (Å²) < 4.78 is 0. The molecule has 1 amide bonds. The average molecular weight is 502 g/mol. The van der Waals surface area contributed by atoms with Crippen molar-refractivity contribution >= 4 is 11.7 Å². The molecule has 2 N–H and O–H groups in total. The molecule has 5 rings (SSSR count). The van der Waals surface area contributed by atoms with Gasteiger partial charge in [-0.05, 0) is 49.8 Å². The highest BCUT2D eigenvalue weighted by molar-refractivity contribution is 6.03. The van der Waals surface area contributed by atoms with Gasteiger partial charge in [-0.2, -0.15) is 0 Å². The summed E-state index contributed by atoms with van der Waals surface area (Å²) in [6.45, 7) is 12.2. The van der Waals surface area contributed by atoms with Crippen LogP contribution in [0.5, 0.6) is 0 Å². The van der Waals surface area contributed by atoms with E-state index in [1.807, 2.05) is 24.3 Å². The summed E-state index contributed by atoms with van der Waals surface area (Å²) in [5.41, 5.74) is 4.01. The highest BCUT2D eigenvalue weighted by Gasteiger charge is 2.62. The standard InChI is InChI=1S/C32H43N3O2/c1-22-11-10-12-23(2)27(22)28(36)29-32(4)20-33-19-31(32,3)21-35(29)18-17-26(24-13-6-5-7-14-24)34-30(37)25-15-8-9-16-25/h5-7,10-14,25-26,29,33H,8-9,15-21H2,1-4H3,(H,34,37)/t26?,29-,31?,32+/m1/s1. The number of aryl methyl sites for hydroxylation is 2. The summed E-state index contributed by atoms with van der Waals surface area (Å²) in [5, 5.41) is 7.00. The van der Waals surface area contributed by atoms with Crippen molar-refractivity contribution in [2.45, 2.75) is 71.9 Å². The van der Waals surface area contributed by atoms with E-state index >= 15 is 0 Å². The lowest BCUT2D eigenvalue weighted by Gasteiger charge is -2.37. The van der Waals surface area contributed by atoms with E-state index in [9.17, 15) is 9.59 Å². The van der Waals surface area contributed by atoms with Crippen LogP contribution in [0.15, 0.2) is 48.5 Å². The second kappa shape index (κ2) is 10.3. The smallest absolute Gasteiger partial charge is 0.223 e. The van der Waals surface area contributed by atoms with Crippen molar-refractivity contribution in [1.29, 1.82) is 0 Å². The molecule has 2 saturated heterocycles. The number of amides is 1. The quantitative estimate of drug-likeness (QED) is 0.487. The lowest BCUT2D eigenvalue weighted by molar-refractivity contribution is -0.125. The number of nitrogens with zero attached hydrogens (tertiary/aromatic N) is 1. The monoisotopic (exact) mass is 501 g/mol. The SMILES string of the molecule is Cc1cccc(C)c1C(=O)[C@H]1N(CCC(NC(=O)C2CCCC2)c2ccccc2)CC2(C)CNC[C@@]12C. The second-order valence-corrected chi connectivity index (χ2v) is 12.3. The molecule has 4 atom stereocenters. The van der Waals surface area contributed by atoms with Gasteiger partial charge in [-0.15, -0.1) is 0 Å². The molecule has 2 unspecified atom stereocenters. The van der Waals surface area contributed by atoms with Crippen LogP contribution in [0.1, 0.15) is 79.0 Å². The lowest BCUT2D eigenvalue weighted by atomic mass is 9.65. The zero-order valence-electron chi connectivity index (χ0n) is 23.0. The molecule has 2 heterocycles. The van der Waals surface area contributed by atoms with Crippen LogP contribution in [-0.2, 0) is 4.79 Å². The van der Waals surface area contributed by atoms with E-state index in [4.69, 9.17) is 0 Å². The number of hydrogen-bond donors (Lipinski definition) is 2. The van der Waals surface area contributed by atoms with E-state index in [0.717, 1.165) is 80.5 Å². The Morgan fingerprint density at radius 1 is 1.00 bits per heavy atom. The number of likely N-dealkylation sites (tertiary alicyclic amines) is 1. The molecule has 1 aliphatic carbocycles. The molecule has 2 aromatic rings. The summed E-state index contributed by atoms with van der Waals surface area (Å²) in [7, 11) is 0. The van der Waals surface area contributed by atoms with Crippen molar-refractivity contribution in [3.63, 3.8) is 0 Å². The molecule has 0 radical (unpaired) electrons. The fraction of sp³-hybridized carbons (Fsp3) is 0.562. The predicted octanol–water partition coefficient (Wildman–Crippen LogP) is 5.22. The van der Waals surface area contributed by atoms with E-state index in [1.54, 1.807) is 0 Å². The number of fused-ring (bicyclic) bond motifs is 1. The van der Waals surface area contributed by atoms with Crippen molar-refractivity contribution in [3.05, 3.63) is 70.8 Å². The van der Waals surface area contributed by atoms with Gasteiger partial charge >= 0.3 is 0 Å². The Bertz CT molecular complexity index is 1120. The summed E-state index contributed by atoms with van der Waals surface area (Å²) >= 11 is 0. The minimum absolute atomic E-state index is 0.0270. The van der Waals surface area contributed by atoms with Crippen molar-refractivity contribution in [2.75, 3.05) is 26.2 Å². The van der Waals surface area contributed by atoms with Crippen LogP contribution in [0.4, 0.5) is 0 Å². The van der Waals surface area contributed by atoms with Gasteiger partial charge in [0, 0.05) is 48.5 Å². The average Bonchev–Trinajstić information content (AvgIpc) is 3.55. The van der Waals surface area contributed by atoms with Gasteiger partial charge in [0.1, 0.15) is 0 Å². The maximum atomic E-state index is 14.3. The predicted molar refractivity (Wildman–Crippen MR) is 149 cm³/mol. The molecule has 5 heteroatoms. The van der Waals surface area contributed by atoms with Crippen LogP contribution in [0.25, 0.3) is 0 Å².